The fourth-order valence-corrected chi connectivity index (χ4v) is 12.4. The number of aliphatic imine (C=N–C) groups is 2. The van der Waals surface area contributed by atoms with Crippen LogP contribution in [-0.2, 0) is 0 Å². The first-order valence-electron chi connectivity index (χ1n) is 27.7. The highest BCUT2D eigenvalue weighted by Gasteiger charge is 2.29. The van der Waals surface area contributed by atoms with E-state index in [2.05, 4.69) is 195 Å². The number of hydrogen-bond donors (Lipinski definition) is 1. The first-order valence-corrected chi connectivity index (χ1v) is 27.7. The molecule has 0 unspecified atom stereocenters. The second-order valence-corrected chi connectivity index (χ2v) is 20.7. The first-order chi connectivity index (χ1) is 41.1. The third kappa shape index (κ3) is 7.54. The Labute approximate surface area is 476 Å². The van der Waals surface area contributed by atoms with Crippen molar-refractivity contribution in [2.45, 2.75) is 0 Å². The quantitative estimate of drug-likeness (QED) is 0.121. The van der Waals surface area contributed by atoms with Crippen LogP contribution in [0.3, 0.4) is 0 Å². The molecule has 0 aliphatic carbocycles. The van der Waals surface area contributed by atoms with Crippen LogP contribution in [0.25, 0.3) is 133 Å². The summed E-state index contributed by atoms with van der Waals surface area (Å²) in [6.45, 7) is 4.40. The topological polar surface area (TPSA) is 109 Å². The third-order valence-electron chi connectivity index (χ3n) is 16.0. The predicted octanol–water partition coefficient (Wildman–Crippen LogP) is 16.9. The molecule has 0 aliphatic rings. The zero-order valence-corrected chi connectivity index (χ0v) is 44.7. The Morgan fingerprint density at radius 3 is 1.18 bits per heavy atom. The molecule has 0 aliphatic heterocycles. The molecule has 5 aromatic heterocycles. The molecule has 0 atom stereocenters. The van der Waals surface area contributed by atoms with E-state index in [9.17, 15) is 0 Å². The maximum absolute atomic E-state index is 7.54. The summed E-state index contributed by atoms with van der Waals surface area (Å²) in [4.78, 5) is 26.3. The minimum Gasteiger partial charge on any atom is -0.369 e. The molecule has 16 rings (SSSR count). The van der Waals surface area contributed by atoms with Crippen LogP contribution in [0.15, 0.2) is 283 Å². The van der Waals surface area contributed by atoms with Gasteiger partial charge in [-0.1, -0.05) is 237 Å². The molecule has 0 radical (unpaired) electrons. The maximum atomic E-state index is 7.54. The lowest BCUT2D eigenvalue weighted by molar-refractivity contribution is 0.953. The van der Waals surface area contributed by atoms with Gasteiger partial charge in [0.05, 0.1) is 49.8 Å². The highest BCUT2D eigenvalue weighted by atomic mass is 15.2. The van der Waals surface area contributed by atoms with E-state index < -0.39 is 0 Å². The van der Waals surface area contributed by atoms with Gasteiger partial charge in [-0.3, -0.25) is 9.13 Å². The van der Waals surface area contributed by atoms with Crippen molar-refractivity contribution in [2.24, 2.45) is 15.7 Å². The summed E-state index contributed by atoms with van der Waals surface area (Å²) in [5, 5.41) is 8.52. The van der Waals surface area contributed by atoms with E-state index in [0.717, 1.165) is 121 Å². The molecule has 11 aromatic carbocycles. The zero-order chi connectivity index (χ0) is 55.1. The molecule has 0 fully saturated rings. The average molecular weight is 1070 g/mol. The molecule has 10 nitrogen and oxygen atoms in total. The van der Waals surface area contributed by atoms with Crippen LogP contribution in [0.1, 0.15) is 11.1 Å². The summed E-state index contributed by atoms with van der Waals surface area (Å²) in [5.74, 6) is 2.40. The maximum Gasteiger partial charge on any atom is 0.238 e. The Kier molecular flexibility index (Phi) is 10.9. The second-order valence-electron chi connectivity index (χ2n) is 20.7. The van der Waals surface area contributed by atoms with Gasteiger partial charge in [0.1, 0.15) is 0 Å². The Morgan fingerprint density at radius 2 is 0.687 bits per heavy atom. The number of para-hydroxylation sites is 4. The van der Waals surface area contributed by atoms with Crippen molar-refractivity contribution in [3.63, 3.8) is 0 Å². The van der Waals surface area contributed by atoms with E-state index in [-0.39, 0.29) is 5.96 Å². The van der Waals surface area contributed by atoms with Gasteiger partial charge in [0.2, 0.25) is 11.9 Å². The predicted molar refractivity (Wildman–Crippen MR) is 342 cm³/mol. The van der Waals surface area contributed by atoms with Gasteiger partial charge in [-0.05, 0) is 42.0 Å². The van der Waals surface area contributed by atoms with Crippen molar-refractivity contribution in [3.05, 3.63) is 285 Å². The number of fused-ring (bicyclic) bond motifs is 15. The molecule has 390 valence electrons. The molecule has 83 heavy (non-hydrogen) atoms. The lowest BCUT2D eigenvalue weighted by atomic mass is 10.1. The number of nitrogens with zero attached hydrogens (tertiary/aromatic N) is 9. The first kappa shape index (κ1) is 47.5. The van der Waals surface area contributed by atoms with Crippen molar-refractivity contribution in [2.75, 3.05) is 0 Å². The Hall–Kier alpha value is -11.5. The van der Waals surface area contributed by atoms with Gasteiger partial charge in [0.15, 0.2) is 17.5 Å². The molecule has 0 saturated heterocycles. The molecule has 0 spiro atoms. The smallest absolute Gasteiger partial charge is 0.238 e. The molecular formula is C73H48N10. The summed E-state index contributed by atoms with van der Waals surface area (Å²) >= 11 is 0. The number of aromatic nitrogens is 7. The standard InChI is InChI=1S/C73H48N10/c1-46(47-24-8-2-9-25-47)75-69(48-26-10-3-11-27-48)77-72(74)82-61-38-22-20-36-53(61)55-40-42-59-57-44-45-58-60-43-41-56-54-37-21-23-39-62(54)83(73-78-70(49-28-12-4-13-29-49)76-71(79-73)50-30-14-5-15-31-50)68(56)66(60)81(52-34-18-7-19-35-52)64(58)63(57)80(65(59)67(55)82)51-32-16-6-17-33-51/h2-45H,1H2,(H2,74,75,77). The minimum absolute atomic E-state index is 0.264. The summed E-state index contributed by atoms with van der Waals surface area (Å²) in [5.41, 5.74) is 21.4. The van der Waals surface area contributed by atoms with Crippen LogP contribution >= 0.6 is 0 Å². The number of nitrogens with two attached hydrogens (primary N) is 1. The Balaban J connectivity index is 1.06. The van der Waals surface area contributed by atoms with Crippen molar-refractivity contribution in [3.8, 4) is 40.1 Å². The van der Waals surface area contributed by atoms with Crippen molar-refractivity contribution >= 4 is 105 Å². The fraction of sp³-hybridized carbons (Fsp3) is 0. The highest BCUT2D eigenvalue weighted by Crippen LogP contribution is 2.47. The monoisotopic (exact) mass is 1060 g/mol. The van der Waals surface area contributed by atoms with E-state index in [1.165, 1.54) is 0 Å². The Morgan fingerprint density at radius 1 is 0.325 bits per heavy atom. The largest absolute Gasteiger partial charge is 0.369 e. The van der Waals surface area contributed by atoms with Gasteiger partial charge in [-0.2, -0.15) is 15.0 Å². The summed E-state index contributed by atoms with van der Waals surface area (Å²) in [6, 6.07) is 92.3. The van der Waals surface area contributed by atoms with E-state index in [4.69, 9.17) is 30.7 Å². The van der Waals surface area contributed by atoms with Crippen molar-refractivity contribution in [1.82, 2.24) is 33.2 Å². The van der Waals surface area contributed by atoms with Gasteiger partial charge < -0.3 is 14.9 Å². The highest BCUT2D eigenvalue weighted by molar-refractivity contribution is 6.32. The normalized spacial score (nSPS) is 12.3. The van der Waals surface area contributed by atoms with Crippen molar-refractivity contribution in [1.29, 1.82) is 0 Å². The third-order valence-corrected chi connectivity index (χ3v) is 16.0. The fourth-order valence-electron chi connectivity index (χ4n) is 12.4. The summed E-state index contributed by atoms with van der Waals surface area (Å²) < 4.78 is 9.27. The molecule has 5 heterocycles. The van der Waals surface area contributed by atoms with E-state index >= 15 is 0 Å². The molecule has 0 amide bonds. The lowest BCUT2D eigenvalue weighted by Gasteiger charge is -2.15. The van der Waals surface area contributed by atoms with Gasteiger partial charge in [-0.15, -0.1) is 0 Å². The van der Waals surface area contributed by atoms with Crippen LogP contribution < -0.4 is 5.73 Å². The second kappa shape index (κ2) is 19.1. The molecule has 16 aromatic rings. The number of amidine groups is 1. The van der Waals surface area contributed by atoms with E-state index in [1.807, 2.05) is 97.1 Å². The van der Waals surface area contributed by atoms with Crippen molar-refractivity contribution < 1.29 is 0 Å². The van der Waals surface area contributed by atoms with Crippen LogP contribution in [0.4, 0.5) is 0 Å². The molecule has 0 saturated carbocycles. The van der Waals surface area contributed by atoms with E-state index in [0.29, 0.717) is 29.1 Å². The van der Waals surface area contributed by atoms with Gasteiger partial charge in [0.25, 0.3) is 0 Å². The molecular weight excluding hydrogens is 1020 g/mol. The number of rotatable bonds is 8. The molecule has 10 heteroatoms. The molecule has 2 N–H and O–H groups in total. The number of benzene rings is 11. The SMILES string of the molecule is C=C(N=C(N=C(N)n1c2ccccc2c2ccc3c4ccc5c6ccc7c8ccccc8n(-c8nc(-c9ccccc9)nc(-c9ccccc9)n8)c7c6n(-c6ccccc6)c5c4n(-c4ccccc4)c3c21)c1ccccc1)c1ccccc1. The summed E-state index contributed by atoms with van der Waals surface area (Å²) in [6.07, 6.45) is 0. The minimum atomic E-state index is 0.264. The van der Waals surface area contributed by atoms with Gasteiger partial charge >= 0.3 is 0 Å². The number of hydrogen-bond acceptors (Lipinski definition) is 4. The van der Waals surface area contributed by atoms with Gasteiger partial charge in [0, 0.05) is 71.2 Å². The van der Waals surface area contributed by atoms with Crippen LogP contribution in [0.2, 0.25) is 0 Å². The Bertz CT molecular complexity index is 5250. The average Bonchev–Trinajstić information content (AvgIpc) is 2.58. The van der Waals surface area contributed by atoms with Crippen LogP contribution in [0.5, 0.6) is 0 Å². The molecule has 0 bridgehead atoms. The van der Waals surface area contributed by atoms with Crippen LogP contribution in [-0.4, -0.2) is 45.0 Å². The zero-order valence-electron chi connectivity index (χ0n) is 44.7. The van der Waals surface area contributed by atoms with Gasteiger partial charge in [-0.25, -0.2) is 9.98 Å². The summed E-state index contributed by atoms with van der Waals surface area (Å²) in [7, 11) is 0. The van der Waals surface area contributed by atoms with E-state index in [1.54, 1.807) is 0 Å². The lowest BCUT2D eigenvalue weighted by Crippen LogP contribution is -2.24. The van der Waals surface area contributed by atoms with Crippen LogP contribution in [0, 0.1) is 0 Å².